The van der Waals surface area contributed by atoms with Crippen LogP contribution in [0.15, 0.2) is 66.1 Å². The predicted molar refractivity (Wildman–Crippen MR) is 120 cm³/mol. The van der Waals surface area contributed by atoms with E-state index in [2.05, 4.69) is 9.88 Å². The van der Waals surface area contributed by atoms with E-state index in [4.69, 9.17) is 0 Å². The number of piperazine rings is 1. The summed E-state index contributed by atoms with van der Waals surface area (Å²) in [4.78, 5) is 33.0. The van der Waals surface area contributed by atoms with Gasteiger partial charge in [0.05, 0.1) is 0 Å². The van der Waals surface area contributed by atoms with Crippen molar-refractivity contribution in [1.82, 2.24) is 14.5 Å². The Kier molecular flexibility index (Phi) is 5.90. The first-order chi connectivity index (χ1) is 14.6. The number of thioether (sulfide) groups is 1. The van der Waals surface area contributed by atoms with Crippen LogP contribution in [-0.2, 0) is 0 Å². The number of anilines is 1. The molecule has 154 valence electrons. The molecule has 30 heavy (non-hydrogen) atoms. The number of rotatable bonds is 5. The molecule has 0 spiro atoms. The van der Waals surface area contributed by atoms with Crippen LogP contribution in [-0.4, -0.2) is 58.6 Å². The molecule has 1 amide bonds. The number of amides is 1. The van der Waals surface area contributed by atoms with Gasteiger partial charge in [-0.3, -0.25) is 14.2 Å². The molecule has 1 aliphatic rings. The van der Waals surface area contributed by atoms with Crippen LogP contribution in [0.4, 0.5) is 5.69 Å². The minimum absolute atomic E-state index is 0.0502. The van der Waals surface area contributed by atoms with Crippen molar-refractivity contribution in [3.05, 3.63) is 72.1 Å². The molecule has 2 heterocycles. The highest BCUT2D eigenvalue weighted by Gasteiger charge is 2.23. The first kappa shape index (κ1) is 20.2. The molecule has 1 aromatic heterocycles. The number of imidazole rings is 1. The summed E-state index contributed by atoms with van der Waals surface area (Å²) in [6, 6.07) is 15.4. The van der Waals surface area contributed by atoms with Crippen molar-refractivity contribution in [3.8, 4) is 5.69 Å². The molecule has 0 atom stereocenters. The molecule has 0 unspecified atom stereocenters. The molecule has 2 aromatic carbocycles. The van der Waals surface area contributed by atoms with Crippen molar-refractivity contribution >= 4 is 29.1 Å². The van der Waals surface area contributed by atoms with Crippen LogP contribution in [0.1, 0.15) is 27.6 Å². The summed E-state index contributed by atoms with van der Waals surface area (Å²) in [5, 5.41) is 0.893. The number of benzene rings is 2. The number of ketones is 1. The van der Waals surface area contributed by atoms with Gasteiger partial charge in [0, 0.05) is 61.1 Å². The number of nitrogens with zero attached hydrogens (tertiary/aromatic N) is 4. The second kappa shape index (κ2) is 8.75. The topological polar surface area (TPSA) is 58.4 Å². The lowest BCUT2D eigenvalue weighted by atomic mass is 10.1. The molecule has 0 radical (unpaired) electrons. The Morgan fingerprint density at radius 1 is 0.933 bits per heavy atom. The highest BCUT2D eigenvalue weighted by atomic mass is 32.2. The van der Waals surface area contributed by atoms with E-state index in [-0.39, 0.29) is 11.7 Å². The number of aromatic nitrogens is 2. The lowest BCUT2D eigenvalue weighted by molar-refractivity contribution is 0.0746. The summed E-state index contributed by atoms with van der Waals surface area (Å²) in [6.07, 6.45) is 5.66. The molecule has 4 rings (SSSR count). The maximum atomic E-state index is 13.1. The van der Waals surface area contributed by atoms with E-state index < -0.39 is 0 Å². The highest BCUT2D eigenvalue weighted by Crippen LogP contribution is 2.21. The molecule has 0 aliphatic carbocycles. The highest BCUT2D eigenvalue weighted by molar-refractivity contribution is 7.98. The van der Waals surface area contributed by atoms with Crippen molar-refractivity contribution in [1.29, 1.82) is 0 Å². The monoisotopic (exact) mass is 420 g/mol. The largest absolute Gasteiger partial charge is 0.368 e. The molecular weight excluding hydrogens is 396 g/mol. The van der Waals surface area contributed by atoms with E-state index in [1.165, 1.54) is 0 Å². The first-order valence-electron chi connectivity index (χ1n) is 9.90. The standard InChI is InChI=1S/C23H24N4O2S/c1-17(28)18-6-8-20(9-7-18)25-12-14-26(15-13-25)22(29)19-4-3-5-21(16-19)27-11-10-24-23(27)30-2/h3-11,16H,12-15H2,1-2H3. The van der Waals surface area contributed by atoms with Crippen molar-refractivity contribution in [2.45, 2.75) is 12.1 Å². The van der Waals surface area contributed by atoms with E-state index in [0.29, 0.717) is 18.7 Å². The number of Topliss-reactive ketones (excluding diaryl/α,β-unsaturated/α-hetero) is 1. The van der Waals surface area contributed by atoms with Gasteiger partial charge >= 0.3 is 0 Å². The number of carbonyl (C=O) groups is 2. The van der Waals surface area contributed by atoms with Crippen molar-refractivity contribution < 1.29 is 9.59 Å². The van der Waals surface area contributed by atoms with Gasteiger partial charge < -0.3 is 9.80 Å². The molecular formula is C23H24N4O2S. The van der Waals surface area contributed by atoms with Crippen LogP contribution in [0, 0.1) is 0 Å². The second-order valence-corrected chi connectivity index (χ2v) is 7.99. The van der Waals surface area contributed by atoms with Crippen molar-refractivity contribution in [3.63, 3.8) is 0 Å². The van der Waals surface area contributed by atoms with Gasteiger partial charge in [-0.1, -0.05) is 17.8 Å². The summed E-state index contributed by atoms with van der Waals surface area (Å²) >= 11 is 1.57. The lowest BCUT2D eigenvalue weighted by Crippen LogP contribution is -2.48. The molecule has 1 aliphatic heterocycles. The van der Waals surface area contributed by atoms with Crippen LogP contribution in [0.25, 0.3) is 5.69 Å². The molecule has 0 bridgehead atoms. The fourth-order valence-corrected chi connectivity index (χ4v) is 4.21. The zero-order valence-electron chi connectivity index (χ0n) is 17.1. The quantitative estimate of drug-likeness (QED) is 0.465. The Morgan fingerprint density at radius 2 is 1.67 bits per heavy atom. The number of hydrogen-bond donors (Lipinski definition) is 0. The fourth-order valence-electron chi connectivity index (χ4n) is 3.68. The van der Waals surface area contributed by atoms with Crippen molar-refractivity contribution in [2.75, 3.05) is 37.3 Å². The van der Waals surface area contributed by atoms with Crippen molar-refractivity contribution in [2.24, 2.45) is 0 Å². The molecule has 0 saturated carbocycles. The predicted octanol–water partition coefficient (Wildman–Crippen LogP) is 3.76. The third-order valence-electron chi connectivity index (χ3n) is 5.37. The van der Waals surface area contributed by atoms with Gasteiger partial charge in [-0.05, 0) is 55.6 Å². The van der Waals surface area contributed by atoms with Crippen LogP contribution < -0.4 is 4.90 Å². The summed E-state index contributed by atoms with van der Waals surface area (Å²) in [5.74, 6) is 0.119. The number of carbonyl (C=O) groups excluding carboxylic acids is 2. The zero-order valence-corrected chi connectivity index (χ0v) is 17.9. The zero-order chi connectivity index (χ0) is 21.1. The normalized spacial score (nSPS) is 14.1. The van der Waals surface area contributed by atoms with Gasteiger partial charge in [-0.15, -0.1) is 0 Å². The Labute approximate surface area is 180 Å². The fraction of sp³-hybridized carbons (Fsp3) is 0.261. The smallest absolute Gasteiger partial charge is 0.254 e. The first-order valence-corrected chi connectivity index (χ1v) is 11.1. The van der Waals surface area contributed by atoms with Gasteiger partial charge in [0.15, 0.2) is 10.9 Å². The third kappa shape index (κ3) is 4.11. The van der Waals surface area contributed by atoms with Gasteiger partial charge in [0.25, 0.3) is 5.91 Å². The Hall–Kier alpha value is -3.06. The second-order valence-electron chi connectivity index (χ2n) is 7.22. The summed E-state index contributed by atoms with van der Waals surface area (Å²) in [5.41, 5.74) is 3.42. The van der Waals surface area contributed by atoms with Gasteiger partial charge in [-0.25, -0.2) is 4.98 Å². The number of hydrogen-bond acceptors (Lipinski definition) is 5. The summed E-state index contributed by atoms with van der Waals surface area (Å²) in [7, 11) is 0. The van der Waals surface area contributed by atoms with E-state index in [0.717, 1.165) is 35.2 Å². The van der Waals surface area contributed by atoms with E-state index in [1.54, 1.807) is 24.9 Å². The van der Waals surface area contributed by atoms with Crippen LogP contribution in [0.3, 0.4) is 0 Å². The summed E-state index contributed by atoms with van der Waals surface area (Å²) in [6.45, 7) is 4.44. The molecule has 1 saturated heterocycles. The third-order valence-corrected chi connectivity index (χ3v) is 6.03. The molecule has 7 heteroatoms. The maximum absolute atomic E-state index is 13.1. The molecule has 6 nitrogen and oxygen atoms in total. The Bertz CT molecular complexity index is 1050. The van der Waals surface area contributed by atoms with Gasteiger partial charge in [-0.2, -0.15) is 0 Å². The van der Waals surface area contributed by atoms with E-state index in [1.807, 2.05) is 70.5 Å². The van der Waals surface area contributed by atoms with Crippen LogP contribution in [0.5, 0.6) is 0 Å². The molecule has 3 aromatic rings. The average Bonchev–Trinajstić information content (AvgIpc) is 3.28. The average molecular weight is 421 g/mol. The molecule has 1 fully saturated rings. The van der Waals surface area contributed by atoms with Crippen LogP contribution in [0.2, 0.25) is 0 Å². The summed E-state index contributed by atoms with van der Waals surface area (Å²) < 4.78 is 1.99. The lowest BCUT2D eigenvalue weighted by Gasteiger charge is -2.36. The minimum Gasteiger partial charge on any atom is -0.368 e. The SMILES string of the molecule is CSc1nccn1-c1cccc(C(=O)N2CCN(c3ccc(C(C)=O)cc3)CC2)c1. The van der Waals surface area contributed by atoms with Gasteiger partial charge in [0.2, 0.25) is 0 Å². The molecule has 0 N–H and O–H groups in total. The Morgan fingerprint density at radius 3 is 2.33 bits per heavy atom. The Balaban J connectivity index is 1.43. The van der Waals surface area contributed by atoms with E-state index in [9.17, 15) is 9.59 Å². The van der Waals surface area contributed by atoms with Gasteiger partial charge in [0.1, 0.15) is 0 Å². The van der Waals surface area contributed by atoms with E-state index >= 15 is 0 Å². The maximum Gasteiger partial charge on any atom is 0.254 e. The van der Waals surface area contributed by atoms with Crippen LogP contribution >= 0.6 is 11.8 Å². The minimum atomic E-state index is 0.0502.